The highest BCUT2D eigenvalue weighted by atomic mass is 16.4. The number of amides is 2. The van der Waals surface area contributed by atoms with Gasteiger partial charge in [-0.25, -0.2) is 14.8 Å². The summed E-state index contributed by atoms with van der Waals surface area (Å²) in [5.74, 6) is 6.30. The molecule has 1 aliphatic carbocycles. The molecule has 0 radical (unpaired) electrons. The second-order valence-electron chi connectivity index (χ2n) is 8.69. The van der Waals surface area contributed by atoms with Crippen LogP contribution in [0.1, 0.15) is 29.6 Å². The average molecular weight is 495 g/mol. The van der Waals surface area contributed by atoms with E-state index >= 15 is 0 Å². The predicted molar refractivity (Wildman–Crippen MR) is 141 cm³/mol. The molecule has 9 nitrogen and oxygen atoms in total. The minimum atomic E-state index is -1.09. The van der Waals surface area contributed by atoms with E-state index in [1.54, 1.807) is 6.20 Å². The Morgan fingerprint density at radius 1 is 1.03 bits per heavy atom. The van der Waals surface area contributed by atoms with Gasteiger partial charge in [-0.1, -0.05) is 54.3 Å². The molecule has 0 unspecified atom stereocenters. The number of anilines is 1. The number of nitrogens with one attached hydrogen (secondary N) is 3. The molecule has 186 valence electrons. The van der Waals surface area contributed by atoms with Crippen LogP contribution < -0.4 is 16.0 Å². The molecule has 0 bridgehead atoms. The highest BCUT2D eigenvalue weighted by Crippen LogP contribution is 2.28. The van der Waals surface area contributed by atoms with Crippen LogP contribution in [-0.4, -0.2) is 50.6 Å². The Morgan fingerprint density at radius 3 is 2.54 bits per heavy atom. The third-order valence-electron chi connectivity index (χ3n) is 5.91. The van der Waals surface area contributed by atoms with Gasteiger partial charge in [0.25, 0.3) is 5.91 Å². The first-order valence-electron chi connectivity index (χ1n) is 12.1. The van der Waals surface area contributed by atoms with Gasteiger partial charge in [0, 0.05) is 41.9 Å². The van der Waals surface area contributed by atoms with Crippen molar-refractivity contribution in [3.05, 3.63) is 72.6 Å². The van der Waals surface area contributed by atoms with Crippen molar-refractivity contribution < 1.29 is 14.7 Å². The summed E-state index contributed by atoms with van der Waals surface area (Å²) in [7, 11) is 0. The van der Waals surface area contributed by atoms with Gasteiger partial charge in [-0.15, -0.1) is 0 Å². The van der Waals surface area contributed by atoms with Gasteiger partial charge in [0.1, 0.15) is 0 Å². The number of hydrogen-bond acceptors (Lipinski definition) is 5. The first-order chi connectivity index (χ1) is 18.1. The lowest BCUT2D eigenvalue weighted by molar-refractivity contribution is 0.0951. The Labute approximate surface area is 214 Å². The van der Waals surface area contributed by atoms with Crippen LogP contribution in [0.25, 0.3) is 28.2 Å². The third kappa shape index (κ3) is 5.87. The topological polar surface area (TPSA) is 121 Å². The zero-order chi connectivity index (χ0) is 25.6. The molecule has 2 aromatic heterocycles. The SMILES string of the molecule is O=C(O)NCC#CCCNc1nc(-c2ccccc2)cn2c(-c3ccc(C(=O)NC4CC4)cc3)cnc12. The molecule has 1 aliphatic rings. The van der Waals surface area contributed by atoms with Crippen LogP contribution in [0.5, 0.6) is 0 Å². The van der Waals surface area contributed by atoms with Crippen molar-refractivity contribution in [1.29, 1.82) is 0 Å². The Balaban J connectivity index is 1.41. The molecule has 9 heteroatoms. The molecule has 1 fully saturated rings. The zero-order valence-electron chi connectivity index (χ0n) is 20.1. The van der Waals surface area contributed by atoms with Crippen molar-refractivity contribution in [2.75, 3.05) is 18.4 Å². The number of aromatic nitrogens is 3. The molecule has 0 aliphatic heterocycles. The molecule has 0 saturated heterocycles. The van der Waals surface area contributed by atoms with Crippen LogP contribution in [0.3, 0.4) is 0 Å². The second-order valence-corrected chi connectivity index (χ2v) is 8.69. The molecule has 0 atom stereocenters. The number of imidazole rings is 1. The van der Waals surface area contributed by atoms with Gasteiger partial charge in [-0.05, 0) is 25.0 Å². The molecule has 2 amide bonds. The number of carboxylic acid groups (broad SMARTS) is 1. The van der Waals surface area contributed by atoms with Crippen LogP contribution in [0.15, 0.2) is 67.0 Å². The summed E-state index contributed by atoms with van der Waals surface area (Å²) >= 11 is 0. The Kier molecular flexibility index (Phi) is 6.99. The largest absolute Gasteiger partial charge is 0.465 e. The number of benzene rings is 2. The van der Waals surface area contributed by atoms with Crippen molar-refractivity contribution >= 4 is 23.5 Å². The van der Waals surface area contributed by atoms with Gasteiger partial charge in [0.05, 0.1) is 24.1 Å². The molecule has 4 aromatic rings. The van der Waals surface area contributed by atoms with E-state index in [4.69, 9.17) is 10.1 Å². The summed E-state index contributed by atoms with van der Waals surface area (Å²) in [5, 5.41) is 17.2. The van der Waals surface area contributed by atoms with Crippen LogP contribution in [-0.2, 0) is 0 Å². The monoisotopic (exact) mass is 494 g/mol. The van der Waals surface area contributed by atoms with Crippen molar-refractivity contribution in [3.8, 4) is 34.4 Å². The van der Waals surface area contributed by atoms with Gasteiger partial charge in [0.15, 0.2) is 11.5 Å². The van der Waals surface area contributed by atoms with Gasteiger partial charge in [-0.2, -0.15) is 0 Å². The summed E-state index contributed by atoms with van der Waals surface area (Å²) < 4.78 is 2.00. The maximum Gasteiger partial charge on any atom is 0.405 e. The molecular formula is C28H26N6O3. The molecule has 4 N–H and O–H groups in total. The van der Waals surface area contributed by atoms with Crippen molar-refractivity contribution in [1.82, 2.24) is 25.0 Å². The van der Waals surface area contributed by atoms with Crippen molar-refractivity contribution in [2.45, 2.75) is 25.3 Å². The van der Waals surface area contributed by atoms with E-state index in [9.17, 15) is 9.59 Å². The highest BCUT2D eigenvalue weighted by molar-refractivity contribution is 5.95. The van der Waals surface area contributed by atoms with E-state index in [2.05, 4.69) is 32.8 Å². The molecule has 37 heavy (non-hydrogen) atoms. The first-order valence-corrected chi connectivity index (χ1v) is 12.1. The van der Waals surface area contributed by atoms with Crippen LogP contribution in [0, 0.1) is 11.8 Å². The highest BCUT2D eigenvalue weighted by Gasteiger charge is 2.23. The third-order valence-corrected chi connectivity index (χ3v) is 5.91. The first kappa shape index (κ1) is 23.9. The normalized spacial score (nSPS) is 12.4. The zero-order valence-corrected chi connectivity index (χ0v) is 20.1. The number of carbonyl (C=O) groups is 2. The molecule has 0 spiro atoms. The van der Waals surface area contributed by atoms with E-state index in [1.165, 1.54) is 0 Å². The minimum absolute atomic E-state index is 0.0453. The Bertz CT molecular complexity index is 1480. The van der Waals surface area contributed by atoms with Gasteiger partial charge < -0.3 is 21.1 Å². The van der Waals surface area contributed by atoms with Crippen LogP contribution in [0.4, 0.5) is 10.6 Å². The molecule has 2 heterocycles. The Morgan fingerprint density at radius 2 is 1.81 bits per heavy atom. The number of hydrogen-bond donors (Lipinski definition) is 4. The lowest BCUT2D eigenvalue weighted by Gasteiger charge is -2.11. The summed E-state index contributed by atoms with van der Waals surface area (Å²) in [4.78, 5) is 32.3. The maximum absolute atomic E-state index is 12.4. The number of carbonyl (C=O) groups excluding carboxylic acids is 1. The fourth-order valence-electron chi connectivity index (χ4n) is 3.87. The van der Waals surface area contributed by atoms with Crippen molar-refractivity contribution in [3.63, 3.8) is 0 Å². The smallest absolute Gasteiger partial charge is 0.405 e. The number of rotatable bonds is 8. The molecular weight excluding hydrogens is 468 g/mol. The van der Waals surface area contributed by atoms with Crippen LogP contribution >= 0.6 is 0 Å². The fraction of sp³-hybridized carbons (Fsp3) is 0.214. The number of fused-ring (bicyclic) bond motifs is 1. The molecule has 1 saturated carbocycles. The van der Waals surface area contributed by atoms with E-state index < -0.39 is 6.09 Å². The lowest BCUT2D eigenvalue weighted by Crippen LogP contribution is -2.25. The summed E-state index contributed by atoms with van der Waals surface area (Å²) in [5.41, 5.74) is 4.88. The predicted octanol–water partition coefficient (Wildman–Crippen LogP) is 4.03. The van der Waals surface area contributed by atoms with E-state index in [0.717, 1.165) is 35.4 Å². The lowest BCUT2D eigenvalue weighted by atomic mass is 10.1. The summed E-state index contributed by atoms with van der Waals surface area (Å²) in [6, 6.07) is 17.8. The standard InChI is InChI=1S/C28H26N6O3/c35-27(32-22-13-14-22)21-11-9-20(10-12-21)24-17-31-26-25(29-15-5-2-6-16-30-28(36)37)33-23(18-34(24)26)19-7-3-1-4-8-19/h1,3-4,7-12,17-18,22,30H,5,13-16H2,(H,29,33)(H,32,35)(H,36,37). The van der Waals surface area contributed by atoms with Crippen LogP contribution in [0.2, 0.25) is 0 Å². The average Bonchev–Trinajstić information content (AvgIpc) is 3.63. The van der Waals surface area contributed by atoms with Gasteiger partial charge in [-0.3, -0.25) is 9.20 Å². The van der Waals surface area contributed by atoms with E-state index in [0.29, 0.717) is 36.0 Å². The number of nitrogens with zero attached hydrogens (tertiary/aromatic N) is 3. The Hall–Kier alpha value is -4.84. The quantitative estimate of drug-likeness (QED) is 0.217. The van der Waals surface area contributed by atoms with Gasteiger partial charge >= 0.3 is 6.09 Å². The van der Waals surface area contributed by atoms with E-state index in [1.807, 2.05) is 65.2 Å². The summed E-state index contributed by atoms with van der Waals surface area (Å²) in [6.45, 7) is 0.611. The maximum atomic E-state index is 12.4. The fourth-order valence-corrected chi connectivity index (χ4v) is 3.87. The molecule has 2 aromatic carbocycles. The van der Waals surface area contributed by atoms with Crippen molar-refractivity contribution in [2.24, 2.45) is 0 Å². The summed E-state index contributed by atoms with van der Waals surface area (Å²) in [6.07, 6.45) is 5.28. The molecule has 5 rings (SSSR count). The second kappa shape index (κ2) is 10.8. The minimum Gasteiger partial charge on any atom is -0.465 e. The van der Waals surface area contributed by atoms with E-state index in [-0.39, 0.29) is 12.5 Å². The van der Waals surface area contributed by atoms with Gasteiger partial charge in [0.2, 0.25) is 0 Å².